The summed E-state index contributed by atoms with van der Waals surface area (Å²) in [7, 11) is 0. The molecule has 0 bridgehead atoms. The van der Waals surface area contributed by atoms with Gasteiger partial charge in [0.1, 0.15) is 5.75 Å². The Morgan fingerprint density at radius 1 is 0.781 bits per heavy atom. The van der Waals surface area contributed by atoms with Crippen molar-refractivity contribution < 1.29 is 14.3 Å². The lowest BCUT2D eigenvalue weighted by molar-refractivity contribution is -0.119. The van der Waals surface area contributed by atoms with Crippen LogP contribution in [-0.2, 0) is 16.0 Å². The molecule has 32 heavy (non-hydrogen) atoms. The number of ether oxygens (including phenoxy) is 1. The zero-order valence-corrected chi connectivity index (χ0v) is 18.4. The summed E-state index contributed by atoms with van der Waals surface area (Å²) in [5.41, 5.74) is 3.47. The third-order valence-electron chi connectivity index (χ3n) is 4.77. The number of carbonyl (C=O) groups excluding carboxylic acids is 2. The second-order valence-corrected chi connectivity index (χ2v) is 7.73. The van der Waals surface area contributed by atoms with Gasteiger partial charge < -0.3 is 20.7 Å². The van der Waals surface area contributed by atoms with Crippen LogP contribution in [0.1, 0.15) is 19.4 Å². The van der Waals surface area contributed by atoms with Crippen molar-refractivity contribution in [3.05, 3.63) is 84.4 Å². The molecule has 3 aromatic carbocycles. The average Bonchev–Trinajstić information content (AvgIpc) is 2.80. The van der Waals surface area contributed by atoms with Gasteiger partial charge in [-0.05, 0) is 54.1 Å². The highest BCUT2D eigenvalue weighted by atomic mass is 16.5. The molecule has 0 spiro atoms. The van der Waals surface area contributed by atoms with Gasteiger partial charge in [-0.3, -0.25) is 9.59 Å². The molecule has 0 aromatic heterocycles. The van der Waals surface area contributed by atoms with Crippen molar-refractivity contribution in [2.45, 2.75) is 20.3 Å². The van der Waals surface area contributed by atoms with Gasteiger partial charge in [0.2, 0.25) is 11.8 Å². The minimum absolute atomic E-state index is 0.0299. The lowest BCUT2D eigenvalue weighted by Gasteiger charge is -2.11. The maximum absolute atomic E-state index is 12.2. The third kappa shape index (κ3) is 7.47. The van der Waals surface area contributed by atoms with E-state index in [1.54, 1.807) is 12.1 Å². The molecule has 0 aliphatic heterocycles. The van der Waals surface area contributed by atoms with Crippen molar-refractivity contribution in [2.75, 3.05) is 29.1 Å². The van der Waals surface area contributed by atoms with Crippen LogP contribution in [-0.4, -0.2) is 25.0 Å². The lowest BCUT2D eigenvalue weighted by Crippen LogP contribution is -2.21. The second kappa shape index (κ2) is 11.6. The van der Waals surface area contributed by atoms with Gasteiger partial charge in [0.15, 0.2) is 0 Å². The molecule has 0 unspecified atom stereocenters. The fraction of sp³-hybridized carbons (Fsp3) is 0.231. The predicted octanol–water partition coefficient (Wildman–Crippen LogP) is 4.95. The molecule has 3 rings (SSSR count). The highest BCUT2D eigenvalue weighted by Gasteiger charge is 2.07. The summed E-state index contributed by atoms with van der Waals surface area (Å²) in [5, 5.41) is 8.77. The molecule has 0 saturated carbocycles. The molecule has 0 radical (unpaired) electrons. The SMILES string of the molecule is CC(C)C(=O)Nc1ccc(NCC(=O)Nc2ccc(OCCc3ccccc3)cc2)cc1. The quantitative estimate of drug-likeness (QED) is 0.424. The Balaban J connectivity index is 1.39. The van der Waals surface area contributed by atoms with Gasteiger partial charge >= 0.3 is 0 Å². The summed E-state index contributed by atoms with van der Waals surface area (Å²) in [6.45, 7) is 4.42. The molecule has 0 aliphatic carbocycles. The van der Waals surface area contributed by atoms with Crippen molar-refractivity contribution >= 4 is 28.9 Å². The number of benzene rings is 3. The molecular weight excluding hydrogens is 402 g/mol. The number of hydrogen-bond acceptors (Lipinski definition) is 4. The second-order valence-electron chi connectivity index (χ2n) is 7.73. The van der Waals surface area contributed by atoms with Crippen LogP contribution in [0.25, 0.3) is 0 Å². The molecule has 3 aromatic rings. The summed E-state index contributed by atoms with van der Waals surface area (Å²) < 4.78 is 5.77. The Morgan fingerprint density at radius 2 is 1.38 bits per heavy atom. The van der Waals surface area contributed by atoms with E-state index in [9.17, 15) is 9.59 Å². The van der Waals surface area contributed by atoms with Crippen LogP contribution in [0.4, 0.5) is 17.1 Å². The van der Waals surface area contributed by atoms with Crippen LogP contribution in [0.2, 0.25) is 0 Å². The zero-order chi connectivity index (χ0) is 22.8. The van der Waals surface area contributed by atoms with Crippen LogP contribution < -0.4 is 20.7 Å². The minimum Gasteiger partial charge on any atom is -0.493 e. The van der Waals surface area contributed by atoms with E-state index in [1.165, 1.54) is 5.56 Å². The summed E-state index contributed by atoms with van der Waals surface area (Å²) in [6.07, 6.45) is 0.843. The summed E-state index contributed by atoms with van der Waals surface area (Å²) >= 11 is 0. The number of amides is 2. The van der Waals surface area contributed by atoms with Crippen LogP contribution >= 0.6 is 0 Å². The minimum atomic E-state index is -0.153. The van der Waals surface area contributed by atoms with Crippen molar-refractivity contribution in [1.82, 2.24) is 0 Å². The number of anilines is 3. The fourth-order valence-corrected chi connectivity index (χ4v) is 2.91. The molecule has 3 N–H and O–H groups in total. The van der Waals surface area contributed by atoms with Crippen molar-refractivity contribution in [1.29, 1.82) is 0 Å². The van der Waals surface area contributed by atoms with Gasteiger partial charge in [-0.2, -0.15) is 0 Å². The van der Waals surface area contributed by atoms with Crippen LogP contribution in [0.15, 0.2) is 78.9 Å². The highest BCUT2D eigenvalue weighted by Crippen LogP contribution is 2.17. The molecule has 0 heterocycles. The molecule has 166 valence electrons. The first-order chi connectivity index (χ1) is 15.5. The Kier molecular flexibility index (Phi) is 8.26. The normalized spacial score (nSPS) is 10.5. The largest absolute Gasteiger partial charge is 0.493 e. The molecule has 0 saturated heterocycles. The average molecular weight is 432 g/mol. The third-order valence-corrected chi connectivity index (χ3v) is 4.77. The molecule has 6 heteroatoms. The number of hydrogen-bond donors (Lipinski definition) is 3. The first-order valence-corrected chi connectivity index (χ1v) is 10.7. The summed E-state index contributed by atoms with van der Waals surface area (Å²) in [4.78, 5) is 24.0. The molecule has 0 aliphatic rings. The van der Waals surface area contributed by atoms with E-state index < -0.39 is 0 Å². The first-order valence-electron chi connectivity index (χ1n) is 10.7. The van der Waals surface area contributed by atoms with Gasteiger partial charge in [0.25, 0.3) is 0 Å². The summed E-state index contributed by atoms with van der Waals surface area (Å²) in [6, 6.07) is 24.8. The van der Waals surface area contributed by atoms with Gasteiger partial charge in [0, 0.05) is 29.4 Å². The molecule has 2 amide bonds. The molecule has 6 nitrogen and oxygen atoms in total. The van der Waals surface area contributed by atoms with Gasteiger partial charge in [-0.15, -0.1) is 0 Å². The number of carbonyl (C=O) groups is 2. The monoisotopic (exact) mass is 431 g/mol. The number of nitrogens with one attached hydrogen (secondary N) is 3. The van der Waals surface area contributed by atoms with Gasteiger partial charge in [-0.1, -0.05) is 44.2 Å². The topological polar surface area (TPSA) is 79.5 Å². The Morgan fingerprint density at radius 3 is 2.03 bits per heavy atom. The maximum Gasteiger partial charge on any atom is 0.243 e. The van der Waals surface area contributed by atoms with E-state index in [0.29, 0.717) is 12.3 Å². The standard InChI is InChI=1S/C26H29N3O3/c1-19(2)26(31)29-23-10-8-21(9-11-23)27-18-25(30)28-22-12-14-24(15-13-22)32-17-16-20-6-4-3-5-7-20/h3-15,19,27H,16-18H2,1-2H3,(H,28,30)(H,29,31). The van der Waals surface area contributed by atoms with E-state index in [4.69, 9.17) is 4.74 Å². The smallest absolute Gasteiger partial charge is 0.243 e. The van der Waals surface area contributed by atoms with Crippen molar-refractivity contribution in [3.8, 4) is 5.75 Å². The first kappa shape index (κ1) is 22.9. The lowest BCUT2D eigenvalue weighted by atomic mass is 10.2. The van der Waals surface area contributed by atoms with E-state index in [-0.39, 0.29) is 24.3 Å². The van der Waals surface area contributed by atoms with E-state index in [2.05, 4.69) is 28.1 Å². The van der Waals surface area contributed by atoms with Crippen molar-refractivity contribution in [2.24, 2.45) is 5.92 Å². The highest BCUT2D eigenvalue weighted by molar-refractivity contribution is 5.94. The molecule has 0 atom stereocenters. The Labute approximate surface area is 189 Å². The molecule has 0 fully saturated rings. The Bertz CT molecular complexity index is 1000. The van der Waals surface area contributed by atoms with Gasteiger partial charge in [-0.25, -0.2) is 0 Å². The van der Waals surface area contributed by atoms with E-state index in [1.807, 2.05) is 68.4 Å². The van der Waals surface area contributed by atoms with E-state index in [0.717, 1.165) is 23.5 Å². The van der Waals surface area contributed by atoms with Crippen LogP contribution in [0, 0.1) is 5.92 Å². The van der Waals surface area contributed by atoms with Crippen molar-refractivity contribution in [3.63, 3.8) is 0 Å². The van der Waals surface area contributed by atoms with Crippen LogP contribution in [0.3, 0.4) is 0 Å². The maximum atomic E-state index is 12.2. The Hall–Kier alpha value is -3.80. The molecular formula is C26H29N3O3. The zero-order valence-electron chi connectivity index (χ0n) is 18.4. The van der Waals surface area contributed by atoms with Gasteiger partial charge in [0.05, 0.1) is 13.2 Å². The number of rotatable bonds is 10. The van der Waals surface area contributed by atoms with E-state index >= 15 is 0 Å². The van der Waals surface area contributed by atoms with Crippen LogP contribution in [0.5, 0.6) is 5.75 Å². The predicted molar refractivity (Wildman–Crippen MR) is 129 cm³/mol. The summed E-state index contributed by atoms with van der Waals surface area (Å²) in [5.74, 6) is 0.505. The fourth-order valence-electron chi connectivity index (χ4n) is 2.91.